The van der Waals surface area contributed by atoms with Gasteiger partial charge in [0.25, 0.3) is 5.91 Å². The third-order valence-corrected chi connectivity index (χ3v) is 4.92. The summed E-state index contributed by atoms with van der Waals surface area (Å²) in [6.07, 6.45) is 4.47. The highest BCUT2D eigenvalue weighted by Crippen LogP contribution is 2.20. The van der Waals surface area contributed by atoms with Crippen LogP contribution in [-0.4, -0.2) is 48.2 Å². The molecule has 2 aliphatic heterocycles. The summed E-state index contributed by atoms with van der Waals surface area (Å²) in [5, 5.41) is 2.99. The van der Waals surface area contributed by atoms with E-state index in [1.54, 1.807) is 12.1 Å². The Bertz CT molecular complexity index is 848. The molecule has 1 atom stereocenters. The molecule has 7 nitrogen and oxygen atoms in total. The summed E-state index contributed by atoms with van der Waals surface area (Å²) >= 11 is 0. The van der Waals surface area contributed by atoms with Gasteiger partial charge in [0.05, 0.1) is 18.9 Å². The van der Waals surface area contributed by atoms with Gasteiger partial charge in [0, 0.05) is 43.4 Å². The molecule has 1 amide bonds. The molecule has 148 valence electrons. The van der Waals surface area contributed by atoms with Gasteiger partial charge in [-0.2, -0.15) is 0 Å². The van der Waals surface area contributed by atoms with Gasteiger partial charge in [-0.1, -0.05) is 6.07 Å². The van der Waals surface area contributed by atoms with Gasteiger partial charge in [-0.15, -0.1) is 0 Å². The van der Waals surface area contributed by atoms with E-state index in [-0.39, 0.29) is 18.6 Å². The second-order valence-corrected chi connectivity index (χ2v) is 7.04. The third-order valence-electron chi connectivity index (χ3n) is 4.92. The minimum atomic E-state index is -0.391. The Morgan fingerprint density at radius 1 is 1.43 bits per heavy atom. The average Bonchev–Trinajstić information content (AvgIpc) is 2.72. The zero-order chi connectivity index (χ0) is 19.3. The van der Waals surface area contributed by atoms with E-state index in [1.165, 1.54) is 12.1 Å². The van der Waals surface area contributed by atoms with Gasteiger partial charge in [0.15, 0.2) is 6.61 Å². The molecule has 1 aromatic heterocycles. The number of nitrogens with zero attached hydrogens (tertiary/aromatic N) is 3. The molecule has 3 heterocycles. The Morgan fingerprint density at radius 2 is 2.36 bits per heavy atom. The molecular weight excluding hydrogens is 363 g/mol. The van der Waals surface area contributed by atoms with Crippen LogP contribution in [-0.2, 0) is 22.6 Å². The van der Waals surface area contributed by atoms with Crippen molar-refractivity contribution in [2.24, 2.45) is 0 Å². The summed E-state index contributed by atoms with van der Waals surface area (Å²) in [5.74, 6) is 0.430. The van der Waals surface area contributed by atoms with Crippen molar-refractivity contribution in [3.05, 3.63) is 47.5 Å². The maximum Gasteiger partial charge on any atom is 0.258 e. The second-order valence-electron chi connectivity index (χ2n) is 7.04. The number of hydrogen-bond acceptors (Lipinski definition) is 6. The Kier molecular flexibility index (Phi) is 5.66. The number of ether oxygens (including phenoxy) is 2. The van der Waals surface area contributed by atoms with E-state index in [0.717, 1.165) is 37.1 Å². The van der Waals surface area contributed by atoms with Crippen LogP contribution in [0, 0.1) is 5.82 Å². The summed E-state index contributed by atoms with van der Waals surface area (Å²) < 4.78 is 24.0. The van der Waals surface area contributed by atoms with Gasteiger partial charge >= 0.3 is 0 Å². The van der Waals surface area contributed by atoms with Crippen LogP contribution in [0.1, 0.15) is 24.1 Å². The summed E-state index contributed by atoms with van der Waals surface area (Å²) in [6, 6.07) is 5.76. The molecule has 0 aliphatic carbocycles. The van der Waals surface area contributed by atoms with Crippen LogP contribution in [0.15, 0.2) is 30.5 Å². The summed E-state index contributed by atoms with van der Waals surface area (Å²) in [7, 11) is 0. The van der Waals surface area contributed by atoms with Gasteiger partial charge in [0.2, 0.25) is 5.95 Å². The maximum atomic E-state index is 13.2. The molecule has 0 unspecified atom stereocenters. The van der Waals surface area contributed by atoms with Gasteiger partial charge in [0.1, 0.15) is 11.6 Å². The van der Waals surface area contributed by atoms with Crippen LogP contribution >= 0.6 is 0 Å². The number of nitrogens with one attached hydrogen (secondary N) is 1. The first-order valence-electron chi connectivity index (χ1n) is 9.52. The number of carbonyl (C=O) groups is 1. The minimum absolute atomic E-state index is 0.000301. The fourth-order valence-electron chi connectivity index (χ4n) is 3.52. The van der Waals surface area contributed by atoms with E-state index < -0.39 is 5.82 Å². The molecule has 0 saturated carbocycles. The topological polar surface area (TPSA) is 76.6 Å². The van der Waals surface area contributed by atoms with Crippen molar-refractivity contribution in [1.29, 1.82) is 0 Å². The molecule has 1 aromatic carbocycles. The van der Waals surface area contributed by atoms with Gasteiger partial charge in [-0.25, -0.2) is 14.4 Å². The molecule has 28 heavy (non-hydrogen) atoms. The largest absolute Gasteiger partial charge is 0.484 e. The smallest absolute Gasteiger partial charge is 0.258 e. The van der Waals surface area contributed by atoms with Crippen molar-refractivity contribution in [2.75, 3.05) is 31.2 Å². The quantitative estimate of drug-likeness (QED) is 0.845. The average molecular weight is 386 g/mol. The SMILES string of the molecule is O=C(COc1cccc(F)c1)N[C@@H]1CCCN(c2ncc3c(n2)CCOC3)C1. The van der Waals surface area contributed by atoms with Crippen LogP contribution < -0.4 is 15.0 Å². The van der Waals surface area contributed by atoms with Crippen molar-refractivity contribution >= 4 is 11.9 Å². The van der Waals surface area contributed by atoms with E-state index in [0.29, 0.717) is 31.5 Å². The van der Waals surface area contributed by atoms with Crippen LogP contribution in [0.2, 0.25) is 0 Å². The van der Waals surface area contributed by atoms with Crippen LogP contribution in [0.3, 0.4) is 0 Å². The molecule has 1 N–H and O–H groups in total. The Balaban J connectivity index is 1.31. The summed E-state index contributed by atoms with van der Waals surface area (Å²) in [4.78, 5) is 23.5. The molecule has 2 aromatic rings. The van der Waals surface area contributed by atoms with Gasteiger partial charge in [-0.05, 0) is 25.0 Å². The normalized spacial score (nSPS) is 19.0. The van der Waals surface area contributed by atoms with E-state index in [2.05, 4.69) is 15.2 Å². The molecule has 0 bridgehead atoms. The lowest BCUT2D eigenvalue weighted by Gasteiger charge is -2.33. The number of piperidine rings is 1. The van der Waals surface area contributed by atoms with E-state index >= 15 is 0 Å². The van der Waals surface area contributed by atoms with Crippen molar-refractivity contribution < 1.29 is 18.7 Å². The Morgan fingerprint density at radius 3 is 3.25 bits per heavy atom. The first-order valence-corrected chi connectivity index (χ1v) is 9.52. The first-order chi connectivity index (χ1) is 13.7. The number of anilines is 1. The van der Waals surface area contributed by atoms with Crippen LogP contribution in [0.5, 0.6) is 5.75 Å². The van der Waals surface area contributed by atoms with Crippen molar-refractivity contribution in [2.45, 2.75) is 31.9 Å². The molecule has 4 rings (SSSR count). The highest BCUT2D eigenvalue weighted by molar-refractivity contribution is 5.78. The molecular formula is C20H23FN4O3. The summed E-state index contributed by atoms with van der Waals surface area (Å²) in [6.45, 7) is 2.63. The number of hydrogen-bond donors (Lipinski definition) is 1. The second kappa shape index (κ2) is 8.52. The number of fused-ring (bicyclic) bond motifs is 1. The lowest BCUT2D eigenvalue weighted by Crippen LogP contribution is -2.49. The first kappa shape index (κ1) is 18.6. The molecule has 8 heteroatoms. The number of rotatable bonds is 5. The maximum absolute atomic E-state index is 13.2. The molecule has 1 fully saturated rings. The number of aromatic nitrogens is 2. The standard InChI is InChI=1S/C20H23FN4O3/c21-15-3-1-5-17(9-15)28-13-19(26)23-16-4-2-7-25(11-16)20-22-10-14-12-27-8-6-18(14)24-20/h1,3,5,9-10,16H,2,4,6-8,11-13H2,(H,23,26)/t16-/m1/s1. The molecule has 0 spiro atoms. The zero-order valence-electron chi connectivity index (χ0n) is 15.6. The molecule has 0 radical (unpaired) electrons. The summed E-state index contributed by atoms with van der Waals surface area (Å²) in [5.41, 5.74) is 2.09. The molecule has 1 saturated heterocycles. The van der Waals surface area contributed by atoms with E-state index in [4.69, 9.17) is 14.5 Å². The predicted molar refractivity (Wildman–Crippen MR) is 101 cm³/mol. The number of carbonyl (C=O) groups excluding carboxylic acids is 1. The predicted octanol–water partition coefficient (Wildman–Crippen LogP) is 1.85. The van der Waals surface area contributed by atoms with Crippen LogP contribution in [0.4, 0.5) is 10.3 Å². The van der Waals surface area contributed by atoms with Crippen molar-refractivity contribution in [1.82, 2.24) is 15.3 Å². The van der Waals surface area contributed by atoms with Crippen molar-refractivity contribution in [3.63, 3.8) is 0 Å². The number of benzene rings is 1. The number of amides is 1. The fraction of sp³-hybridized carbons (Fsp3) is 0.450. The lowest BCUT2D eigenvalue weighted by molar-refractivity contribution is -0.123. The number of halogens is 1. The van der Waals surface area contributed by atoms with Gasteiger partial charge < -0.3 is 19.7 Å². The molecule has 2 aliphatic rings. The van der Waals surface area contributed by atoms with Gasteiger partial charge in [-0.3, -0.25) is 4.79 Å². The highest BCUT2D eigenvalue weighted by Gasteiger charge is 2.24. The minimum Gasteiger partial charge on any atom is -0.484 e. The monoisotopic (exact) mass is 386 g/mol. The highest BCUT2D eigenvalue weighted by atomic mass is 19.1. The third kappa shape index (κ3) is 4.56. The Labute approximate surface area is 162 Å². The van der Waals surface area contributed by atoms with E-state index in [1.807, 2.05) is 6.20 Å². The zero-order valence-corrected chi connectivity index (χ0v) is 15.6. The van der Waals surface area contributed by atoms with Crippen molar-refractivity contribution in [3.8, 4) is 5.75 Å². The van der Waals surface area contributed by atoms with Crippen LogP contribution in [0.25, 0.3) is 0 Å². The Hall–Kier alpha value is -2.74. The lowest BCUT2D eigenvalue weighted by atomic mass is 10.1. The van der Waals surface area contributed by atoms with E-state index in [9.17, 15) is 9.18 Å². The fourth-order valence-corrected chi connectivity index (χ4v) is 3.52.